The zero-order valence-corrected chi connectivity index (χ0v) is 40.7. The molecule has 6 heteroatoms. The van der Waals surface area contributed by atoms with Crippen LogP contribution in [0.15, 0.2) is 134 Å². The summed E-state index contributed by atoms with van der Waals surface area (Å²) in [4.78, 5) is 37.9. The van der Waals surface area contributed by atoms with Crippen molar-refractivity contribution in [1.82, 2.24) is 0 Å². The number of hydrogen-bond acceptors (Lipinski definition) is 6. The van der Waals surface area contributed by atoms with Crippen molar-refractivity contribution in [3.05, 3.63) is 134 Å². The van der Waals surface area contributed by atoms with E-state index in [0.29, 0.717) is 19.3 Å². The number of unbranched alkanes of at least 4 members (excludes halogenated alkanes) is 10. The lowest BCUT2D eigenvalue weighted by Gasteiger charge is -2.18. The van der Waals surface area contributed by atoms with Gasteiger partial charge in [0.1, 0.15) is 13.2 Å². The van der Waals surface area contributed by atoms with Gasteiger partial charge in [0.25, 0.3) is 0 Å². The monoisotopic (exact) mass is 883 g/mol. The van der Waals surface area contributed by atoms with Gasteiger partial charge in [-0.15, -0.1) is 0 Å². The van der Waals surface area contributed by atoms with Gasteiger partial charge in [-0.1, -0.05) is 193 Å². The molecule has 0 N–H and O–H groups in total. The molecule has 1 atom stereocenters. The lowest BCUT2D eigenvalue weighted by molar-refractivity contribution is -0.166. The Kier molecular flexibility index (Phi) is 47.6. The molecule has 64 heavy (non-hydrogen) atoms. The predicted octanol–water partition coefficient (Wildman–Crippen LogP) is 16.7. The molecule has 0 aliphatic heterocycles. The van der Waals surface area contributed by atoms with Crippen LogP contribution in [0.3, 0.4) is 0 Å². The molecule has 358 valence electrons. The molecule has 0 saturated carbocycles. The third-order valence-corrected chi connectivity index (χ3v) is 9.88. The van der Waals surface area contributed by atoms with Gasteiger partial charge in [0.15, 0.2) is 6.10 Å². The van der Waals surface area contributed by atoms with Gasteiger partial charge >= 0.3 is 17.9 Å². The Bertz CT molecular complexity index is 1430. The van der Waals surface area contributed by atoms with E-state index in [9.17, 15) is 14.4 Å². The van der Waals surface area contributed by atoms with Crippen LogP contribution in [0.1, 0.15) is 194 Å². The molecule has 1 unspecified atom stereocenters. The van der Waals surface area contributed by atoms with Crippen LogP contribution in [0.25, 0.3) is 0 Å². The number of allylic oxidation sites excluding steroid dienone is 22. The minimum absolute atomic E-state index is 0.143. The van der Waals surface area contributed by atoms with Gasteiger partial charge in [-0.3, -0.25) is 14.4 Å². The van der Waals surface area contributed by atoms with E-state index in [1.165, 1.54) is 38.5 Å². The molecule has 0 fully saturated rings. The maximum Gasteiger partial charge on any atom is 0.306 e. The van der Waals surface area contributed by atoms with Crippen LogP contribution in [0.5, 0.6) is 0 Å². The van der Waals surface area contributed by atoms with Crippen LogP contribution >= 0.6 is 0 Å². The Hall–Kier alpha value is -4.45. The number of carbonyl (C=O) groups excluding carboxylic acids is 3. The third kappa shape index (κ3) is 48.6. The summed E-state index contributed by atoms with van der Waals surface area (Å²) in [5.74, 6) is -1.11. The number of carbonyl (C=O) groups is 3. The van der Waals surface area contributed by atoms with Gasteiger partial charge in [-0.05, 0) is 116 Å². The topological polar surface area (TPSA) is 78.9 Å². The molecule has 0 aromatic heterocycles. The van der Waals surface area contributed by atoms with Crippen molar-refractivity contribution in [1.29, 1.82) is 0 Å². The molecule has 0 aliphatic carbocycles. The summed E-state index contributed by atoms with van der Waals surface area (Å²) < 4.78 is 16.6. The Balaban J connectivity index is 4.63. The summed E-state index contributed by atoms with van der Waals surface area (Å²) in [6.07, 6.45) is 71.7. The normalized spacial score (nSPS) is 13.2. The van der Waals surface area contributed by atoms with Crippen LogP contribution in [-0.4, -0.2) is 37.2 Å². The Morgan fingerprint density at radius 1 is 0.328 bits per heavy atom. The molecule has 0 rings (SSSR count). The van der Waals surface area contributed by atoms with Gasteiger partial charge in [-0.2, -0.15) is 0 Å². The van der Waals surface area contributed by atoms with Crippen molar-refractivity contribution in [3.8, 4) is 0 Å². The molecular weight excluding hydrogens is 793 g/mol. The Morgan fingerprint density at radius 2 is 0.656 bits per heavy atom. The number of hydrogen-bond donors (Lipinski definition) is 0. The van der Waals surface area contributed by atoms with E-state index in [4.69, 9.17) is 14.2 Å². The Morgan fingerprint density at radius 3 is 1.09 bits per heavy atom. The van der Waals surface area contributed by atoms with Crippen molar-refractivity contribution in [2.24, 2.45) is 0 Å². The van der Waals surface area contributed by atoms with Crippen LogP contribution in [0.4, 0.5) is 0 Å². The summed E-state index contributed by atoms with van der Waals surface area (Å²) in [5, 5.41) is 0. The second-order valence-corrected chi connectivity index (χ2v) is 16.0. The first-order valence-electron chi connectivity index (χ1n) is 25.2. The molecule has 0 spiro atoms. The number of esters is 3. The third-order valence-electron chi connectivity index (χ3n) is 9.88. The van der Waals surface area contributed by atoms with Gasteiger partial charge in [0.05, 0.1) is 0 Å². The van der Waals surface area contributed by atoms with Gasteiger partial charge in [-0.25, -0.2) is 0 Å². The minimum Gasteiger partial charge on any atom is -0.462 e. The zero-order chi connectivity index (χ0) is 46.5. The van der Waals surface area contributed by atoms with Gasteiger partial charge in [0, 0.05) is 19.3 Å². The second-order valence-electron chi connectivity index (χ2n) is 16.0. The highest BCUT2D eigenvalue weighted by atomic mass is 16.6. The molecule has 0 bridgehead atoms. The molecule has 0 saturated heterocycles. The van der Waals surface area contributed by atoms with E-state index in [0.717, 1.165) is 96.3 Å². The molecule has 6 nitrogen and oxygen atoms in total. The second kappa shape index (κ2) is 51.2. The van der Waals surface area contributed by atoms with E-state index in [-0.39, 0.29) is 50.4 Å². The number of ether oxygens (including phenoxy) is 3. The highest BCUT2D eigenvalue weighted by Gasteiger charge is 2.19. The smallest absolute Gasteiger partial charge is 0.306 e. The van der Waals surface area contributed by atoms with Crippen molar-refractivity contribution >= 4 is 17.9 Å². The van der Waals surface area contributed by atoms with E-state index in [2.05, 4.69) is 148 Å². The fourth-order valence-electron chi connectivity index (χ4n) is 6.17. The van der Waals surface area contributed by atoms with Crippen LogP contribution in [0.2, 0.25) is 0 Å². The van der Waals surface area contributed by atoms with Crippen molar-refractivity contribution < 1.29 is 28.6 Å². The van der Waals surface area contributed by atoms with Crippen LogP contribution < -0.4 is 0 Å². The first-order valence-corrected chi connectivity index (χ1v) is 25.2. The SMILES string of the molecule is CC/C=C\C/C=C\C/C=C\C/C=C\C/C=C\CCCC(=O)OCC(COC(=O)CC/C=C\C/C=C\CCCCCCCC)OC(=O)CCCCC/C=C\C/C=C\C/C=C\C/C=C\CC. The van der Waals surface area contributed by atoms with Crippen molar-refractivity contribution in [3.63, 3.8) is 0 Å². The first kappa shape index (κ1) is 59.5. The zero-order valence-electron chi connectivity index (χ0n) is 40.7. The fraction of sp³-hybridized carbons (Fsp3) is 0.569. The average molecular weight is 883 g/mol. The van der Waals surface area contributed by atoms with E-state index in [1.807, 2.05) is 6.08 Å². The maximum absolute atomic E-state index is 12.8. The summed E-state index contributed by atoms with van der Waals surface area (Å²) in [7, 11) is 0. The molecule has 0 heterocycles. The lowest BCUT2D eigenvalue weighted by atomic mass is 10.1. The molecular formula is C58H90O6. The van der Waals surface area contributed by atoms with Gasteiger partial charge in [0.2, 0.25) is 0 Å². The summed E-state index contributed by atoms with van der Waals surface area (Å²) >= 11 is 0. The standard InChI is InChI=1S/C58H90O6/c1-4-7-10-13-16-19-22-25-27-29-31-33-36-39-42-45-48-51-57(60)63-54-55(53-62-56(59)50-47-44-41-38-35-32-24-21-18-15-12-9-6-3)64-58(61)52-49-46-43-40-37-34-30-28-26-23-20-17-14-11-8-5-2/h7-8,10-11,16-17,19-20,25-28,31-35,37,39,41-42,44,55H,4-6,9,12-15,18,21-24,29-30,36,38,40,43,45-54H2,1-3H3/b10-7-,11-8-,19-16-,20-17-,27-25-,28-26-,33-31-,35-32-,37-34-,42-39-,44-41-. The number of rotatable bonds is 43. The molecule has 0 aromatic carbocycles. The first-order chi connectivity index (χ1) is 31.5. The molecule has 0 amide bonds. The summed E-state index contributed by atoms with van der Waals surface area (Å²) in [6.45, 7) is 6.24. The highest BCUT2D eigenvalue weighted by molar-refractivity contribution is 5.71. The van der Waals surface area contributed by atoms with Crippen LogP contribution in [0, 0.1) is 0 Å². The van der Waals surface area contributed by atoms with Crippen LogP contribution in [-0.2, 0) is 28.6 Å². The summed E-state index contributed by atoms with van der Waals surface area (Å²) in [5.41, 5.74) is 0. The predicted molar refractivity (Wildman–Crippen MR) is 274 cm³/mol. The largest absolute Gasteiger partial charge is 0.462 e. The van der Waals surface area contributed by atoms with Crippen molar-refractivity contribution in [2.75, 3.05) is 13.2 Å². The Labute approximate surface area is 392 Å². The maximum atomic E-state index is 12.8. The fourth-order valence-corrected chi connectivity index (χ4v) is 6.17. The molecule has 0 radical (unpaired) electrons. The molecule has 0 aromatic rings. The summed E-state index contributed by atoms with van der Waals surface area (Å²) in [6, 6.07) is 0. The quantitative estimate of drug-likeness (QED) is 0.0263. The van der Waals surface area contributed by atoms with E-state index >= 15 is 0 Å². The van der Waals surface area contributed by atoms with E-state index in [1.54, 1.807) is 0 Å². The lowest BCUT2D eigenvalue weighted by Crippen LogP contribution is -2.30. The van der Waals surface area contributed by atoms with E-state index < -0.39 is 6.10 Å². The highest BCUT2D eigenvalue weighted by Crippen LogP contribution is 2.10. The van der Waals surface area contributed by atoms with Crippen molar-refractivity contribution in [2.45, 2.75) is 200 Å². The van der Waals surface area contributed by atoms with Gasteiger partial charge < -0.3 is 14.2 Å². The molecule has 0 aliphatic rings. The average Bonchev–Trinajstić information content (AvgIpc) is 3.29. The minimum atomic E-state index is -0.844.